The molecule has 31 heavy (non-hydrogen) atoms. The summed E-state index contributed by atoms with van der Waals surface area (Å²) in [6, 6.07) is 6.47. The second kappa shape index (κ2) is 8.73. The van der Waals surface area contributed by atoms with Crippen LogP contribution in [-0.4, -0.2) is 23.6 Å². The summed E-state index contributed by atoms with van der Waals surface area (Å²) in [5.41, 5.74) is -0.866. The Hall–Kier alpha value is -2.83. The second-order valence-electron chi connectivity index (χ2n) is 9.03. The molecule has 0 radical (unpaired) electrons. The molecule has 1 aliphatic heterocycles. The topological polar surface area (TPSA) is 92.0 Å². The van der Waals surface area contributed by atoms with Crippen LogP contribution in [0.2, 0.25) is 0 Å². The molecular weight excluding hydrogens is 400 g/mol. The Morgan fingerprint density at radius 3 is 2.42 bits per heavy atom. The van der Waals surface area contributed by atoms with E-state index in [-0.39, 0.29) is 23.8 Å². The van der Waals surface area contributed by atoms with Crippen LogP contribution in [0.5, 0.6) is 5.75 Å². The van der Waals surface area contributed by atoms with E-state index >= 15 is 0 Å². The minimum Gasteiger partial charge on any atom is -0.483 e. The van der Waals surface area contributed by atoms with Crippen molar-refractivity contribution in [3.05, 3.63) is 40.2 Å². The van der Waals surface area contributed by atoms with Gasteiger partial charge >= 0.3 is 17.6 Å². The summed E-state index contributed by atoms with van der Waals surface area (Å²) in [7, 11) is 0. The molecule has 1 unspecified atom stereocenters. The van der Waals surface area contributed by atoms with Crippen LogP contribution >= 0.6 is 0 Å². The zero-order valence-electron chi connectivity index (χ0n) is 18.9. The molecule has 0 N–H and O–H groups in total. The van der Waals surface area contributed by atoms with Gasteiger partial charge < -0.3 is 18.6 Å². The number of carbonyl (C=O) groups is 2. The Kier molecular flexibility index (Phi) is 6.43. The molecule has 7 nitrogen and oxygen atoms in total. The Bertz CT molecular complexity index is 1030. The molecule has 0 fully saturated rings. The van der Waals surface area contributed by atoms with Crippen molar-refractivity contribution in [1.29, 1.82) is 0 Å². The summed E-state index contributed by atoms with van der Waals surface area (Å²) in [4.78, 5) is 37.3. The van der Waals surface area contributed by atoms with E-state index in [9.17, 15) is 14.4 Å². The van der Waals surface area contributed by atoms with Crippen molar-refractivity contribution in [2.24, 2.45) is 11.8 Å². The second-order valence-corrected chi connectivity index (χ2v) is 9.03. The third kappa shape index (κ3) is 4.75. The van der Waals surface area contributed by atoms with E-state index in [1.807, 2.05) is 20.8 Å². The Labute approximate surface area is 181 Å². The monoisotopic (exact) mass is 430 g/mol. The number of benzene rings is 1. The normalized spacial score (nSPS) is 20.6. The average Bonchev–Trinajstić information content (AvgIpc) is 2.68. The molecule has 1 aliphatic rings. The minimum atomic E-state index is -0.983. The van der Waals surface area contributed by atoms with E-state index in [4.69, 9.17) is 18.6 Å². The maximum atomic E-state index is 12.8. The fraction of sp³-hybridized carbons (Fsp3) is 0.542. The number of carbonyl (C=O) groups excluding carboxylic acids is 2. The number of esters is 2. The molecule has 7 heteroatoms. The van der Waals surface area contributed by atoms with Gasteiger partial charge in [0.1, 0.15) is 16.9 Å². The zero-order valence-corrected chi connectivity index (χ0v) is 18.9. The number of hydrogen-bond acceptors (Lipinski definition) is 7. The first kappa shape index (κ1) is 22.8. The number of ether oxygens (including phenoxy) is 3. The van der Waals surface area contributed by atoms with E-state index in [1.165, 1.54) is 6.07 Å². The van der Waals surface area contributed by atoms with E-state index < -0.39 is 35.4 Å². The van der Waals surface area contributed by atoms with Gasteiger partial charge in [-0.05, 0) is 44.4 Å². The molecule has 0 saturated carbocycles. The van der Waals surface area contributed by atoms with E-state index in [0.717, 1.165) is 0 Å². The van der Waals surface area contributed by atoms with Crippen LogP contribution in [0.3, 0.4) is 0 Å². The Balaban J connectivity index is 2.16. The first-order valence-corrected chi connectivity index (χ1v) is 10.7. The van der Waals surface area contributed by atoms with Crippen molar-refractivity contribution in [1.82, 2.24) is 0 Å². The molecule has 3 atom stereocenters. The molecular formula is C24H30O7. The lowest BCUT2D eigenvalue weighted by atomic mass is 9.87. The fourth-order valence-corrected chi connectivity index (χ4v) is 3.61. The SMILES string of the molecule is CCC(C)C(=O)O[C@@H]1c2c(ccc3ccc(=O)oc23)OC(C)(C)[C@@H]1OC(=O)CC(C)C. The molecule has 0 aliphatic carbocycles. The van der Waals surface area contributed by atoms with E-state index in [0.29, 0.717) is 23.1 Å². The molecule has 2 heterocycles. The molecule has 0 amide bonds. The summed E-state index contributed by atoms with van der Waals surface area (Å²) in [5, 5.41) is 0.651. The van der Waals surface area contributed by atoms with Crippen molar-refractivity contribution in [2.75, 3.05) is 0 Å². The lowest BCUT2D eigenvalue weighted by Crippen LogP contribution is -2.52. The molecule has 2 aromatic rings. The molecule has 1 aromatic heterocycles. The number of rotatable bonds is 6. The molecule has 1 aromatic carbocycles. The third-order valence-electron chi connectivity index (χ3n) is 5.50. The standard InChI is InChI=1S/C24H30O7/c1-7-14(4)23(27)30-21-19-16(10-8-15-9-11-17(25)28-20(15)19)31-24(5,6)22(21)29-18(26)12-13(2)3/h8-11,13-14,21-22H,7,12H2,1-6H3/t14?,21-,22-/m1/s1. The smallest absolute Gasteiger partial charge is 0.336 e. The van der Waals surface area contributed by atoms with Crippen molar-refractivity contribution in [3.8, 4) is 5.75 Å². The van der Waals surface area contributed by atoms with Crippen molar-refractivity contribution < 1.29 is 28.2 Å². The molecule has 0 bridgehead atoms. The fourth-order valence-electron chi connectivity index (χ4n) is 3.61. The Morgan fingerprint density at radius 2 is 1.77 bits per heavy atom. The molecule has 3 rings (SSSR count). The van der Waals surface area contributed by atoms with Crippen molar-refractivity contribution in [3.63, 3.8) is 0 Å². The summed E-state index contributed by atoms with van der Waals surface area (Å²) >= 11 is 0. The number of fused-ring (bicyclic) bond motifs is 3. The van der Waals surface area contributed by atoms with Crippen molar-refractivity contribution in [2.45, 2.75) is 72.2 Å². The predicted octanol–water partition coefficient (Wildman–Crippen LogP) is 4.55. The van der Waals surface area contributed by atoms with Crippen LogP contribution in [-0.2, 0) is 19.1 Å². The van der Waals surface area contributed by atoms with Gasteiger partial charge in [-0.2, -0.15) is 0 Å². The van der Waals surface area contributed by atoms with Gasteiger partial charge in [0.05, 0.1) is 11.5 Å². The lowest BCUT2D eigenvalue weighted by molar-refractivity contribution is -0.192. The molecule has 0 saturated heterocycles. The highest BCUT2D eigenvalue weighted by atomic mass is 16.6. The maximum Gasteiger partial charge on any atom is 0.336 e. The molecule has 168 valence electrons. The average molecular weight is 430 g/mol. The van der Waals surface area contributed by atoms with Gasteiger partial charge in [0.15, 0.2) is 12.2 Å². The van der Waals surface area contributed by atoms with Gasteiger partial charge in [-0.25, -0.2) is 4.79 Å². The molecule has 0 spiro atoms. The van der Waals surface area contributed by atoms with Gasteiger partial charge in [0.2, 0.25) is 0 Å². The van der Waals surface area contributed by atoms with E-state index in [1.54, 1.807) is 39.0 Å². The van der Waals surface area contributed by atoms with Gasteiger partial charge in [-0.15, -0.1) is 0 Å². The number of hydrogen-bond donors (Lipinski definition) is 0. The minimum absolute atomic E-state index is 0.104. The highest BCUT2D eigenvalue weighted by Crippen LogP contribution is 2.46. The van der Waals surface area contributed by atoms with E-state index in [2.05, 4.69) is 0 Å². The summed E-state index contributed by atoms with van der Waals surface area (Å²) in [6.45, 7) is 11.1. The lowest BCUT2D eigenvalue weighted by Gasteiger charge is -2.43. The first-order valence-electron chi connectivity index (χ1n) is 10.7. The van der Waals surface area contributed by atoms with Crippen LogP contribution in [0, 0.1) is 11.8 Å². The van der Waals surface area contributed by atoms with Crippen LogP contribution < -0.4 is 10.4 Å². The van der Waals surface area contributed by atoms with Crippen LogP contribution in [0.15, 0.2) is 33.5 Å². The maximum absolute atomic E-state index is 12.8. The van der Waals surface area contributed by atoms with Gasteiger partial charge in [-0.3, -0.25) is 9.59 Å². The highest BCUT2D eigenvalue weighted by molar-refractivity contribution is 5.84. The summed E-state index contributed by atoms with van der Waals surface area (Å²) in [5.74, 6) is -0.650. The van der Waals surface area contributed by atoms with Crippen molar-refractivity contribution >= 4 is 22.9 Å². The summed E-state index contributed by atoms with van der Waals surface area (Å²) < 4.78 is 23.4. The van der Waals surface area contributed by atoms with Crippen LogP contribution in [0.25, 0.3) is 11.0 Å². The predicted molar refractivity (Wildman–Crippen MR) is 115 cm³/mol. The first-order chi connectivity index (χ1) is 14.5. The highest BCUT2D eigenvalue weighted by Gasteiger charge is 2.50. The summed E-state index contributed by atoms with van der Waals surface area (Å²) in [6.07, 6.45) is -1.09. The van der Waals surface area contributed by atoms with Crippen LogP contribution in [0.1, 0.15) is 66.1 Å². The largest absolute Gasteiger partial charge is 0.483 e. The zero-order chi connectivity index (χ0) is 22.9. The van der Waals surface area contributed by atoms with Gasteiger partial charge in [-0.1, -0.05) is 27.7 Å². The van der Waals surface area contributed by atoms with Crippen LogP contribution in [0.4, 0.5) is 0 Å². The van der Waals surface area contributed by atoms with Gasteiger partial charge in [0, 0.05) is 17.9 Å². The third-order valence-corrected chi connectivity index (χ3v) is 5.50. The van der Waals surface area contributed by atoms with Gasteiger partial charge in [0.25, 0.3) is 0 Å². The Morgan fingerprint density at radius 1 is 1.10 bits per heavy atom. The quantitative estimate of drug-likeness (QED) is 0.490.